The molecular weight excluding hydrogens is 272 g/mol. The number of rotatable bonds is 5. The van der Waals surface area contributed by atoms with Crippen molar-refractivity contribution >= 4 is 11.9 Å². The minimum absolute atomic E-state index is 0.263. The molecule has 2 atom stereocenters. The normalized spacial score (nSPS) is 19.6. The van der Waals surface area contributed by atoms with Crippen LogP contribution in [0.25, 0.3) is 0 Å². The van der Waals surface area contributed by atoms with Crippen molar-refractivity contribution in [1.29, 1.82) is 0 Å². The lowest BCUT2D eigenvalue weighted by Gasteiger charge is -2.25. The zero-order chi connectivity index (χ0) is 15.1. The maximum absolute atomic E-state index is 12.2. The van der Waals surface area contributed by atoms with Crippen molar-refractivity contribution in [3.63, 3.8) is 0 Å². The van der Waals surface area contributed by atoms with Crippen molar-refractivity contribution in [2.75, 3.05) is 26.3 Å². The first kappa shape index (κ1) is 15.5. The summed E-state index contributed by atoms with van der Waals surface area (Å²) in [7, 11) is 0. The van der Waals surface area contributed by atoms with Gasteiger partial charge >= 0.3 is 5.97 Å². The van der Waals surface area contributed by atoms with E-state index >= 15 is 0 Å². The number of ether oxygens (including phenoxy) is 2. The summed E-state index contributed by atoms with van der Waals surface area (Å²) in [6.07, 6.45) is -0.584. The molecule has 0 saturated carbocycles. The van der Waals surface area contributed by atoms with Gasteiger partial charge in [0.15, 0.2) is 6.04 Å². The standard InChI is InChI=1S/C15H20N2O4/c1-2-20-15(19)13(11-6-4-3-5-7-11)17-14(18)12-10-16-8-9-21-12/h3-7,12-13,16H,2,8-10H2,1H3,(H,17,18)/t12?,13-/m1/s1. The fourth-order valence-electron chi connectivity index (χ4n) is 2.12. The van der Waals surface area contributed by atoms with Crippen molar-refractivity contribution in [1.82, 2.24) is 10.6 Å². The second-order valence-electron chi connectivity index (χ2n) is 4.67. The van der Waals surface area contributed by atoms with Crippen LogP contribution >= 0.6 is 0 Å². The monoisotopic (exact) mass is 292 g/mol. The Labute approximate surface area is 123 Å². The molecule has 0 spiro atoms. The molecule has 114 valence electrons. The van der Waals surface area contributed by atoms with E-state index < -0.39 is 18.1 Å². The number of esters is 1. The molecular formula is C15H20N2O4. The summed E-state index contributed by atoms with van der Waals surface area (Å²) in [4.78, 5) is 24.3. The summed E-state index contributed by atoms with van der Waals surface area (Å²) < 4.78 is 10.4. The number of benzene rings is 1. The van der Waals surface area contributed by atoms with Crippen LogP contribution in [0.4, 0.5) is 0 Å². The summed E-state index contributed by atoms with van der Waals surface area (Å²) in [6, 6.07) is 8.22. The van der Waals surface area contributed by atoms with Crippen LogP contribution in [0, 0.1) is 0 Å². The Kier molecular flexibility index (Phi) is 5.71. The summed E-state index contributed by atoms with van der Waals surface area (Å²) >= 11 is 0. The SMILES string of the molecule is CCOC(=O)[C@H](NC(=O)C1CNCCO1)c1ccccc1. The van der Waals surface area contributed by atoms with Gasteiger partial charge in [-0.25, -0.2) is 4.79 Å². The van der Waals surface area contributed by atoms with E-state index in [0.29, 0.717) is 18.7 Å². The highest BCUT2D eigenvalue weighted by Crippen LogP contribution is 2.15. The van der Waals surface area contributed by atoms with E-state index in [2.05, 4.69) is 10.6 Å². The molecule has 1 unspecified atom stereocenters. The van der Waals surface area contributed by atoms with Gasteiger partial charge in [-0.1, -0.05) is 30.3 Å². The zero-order valence-corrected chi connectivity index (χ0v) is 12.0. The van der Waals surface area contributed by atoms with Gasteiger partial charge in [-0.2, -0.15) is 0 Å². The molecule has 1 aromatic rings. The highest BCUT2D eigenvalue weighted by atomic mass is 16.5. The molecule has 0 aliphatic carbocycles. The molecule has 1 heterocycles. The predicted molar refractivity (Wildman–Crippen MR) is 76.6 cm³/mol. The quantitative estimate of drug-likeness (QED) is 0.768. The lowest BCUT2D eigenvalue weighted by atomic mass is 10.1. The molecule has 21 heavy (non-hydrogen) atoms. The van der Waals surface area contributed by atoms with Crippen molar-refractivity contribution in [2.24, 2.45) is 0 Å². The Balaban J connectivity index is 2.08. The van der Waals surface area contributed by atoms with E-state index in [1.54, 1.807) is 19.1 Å². The summed E-state index contributed by atoms with van der Waals surface area (Å²) in [5, 5.41) is 5.79. The Hall–Kier alpha value is -1.92. The van der Waals surface area contributed by atoms with Gasteiger partial charge in [-0.15, -0.1) is 0 Å². The Morgan fingerprint density at radius 1 is 1.43 bits per heavy atom. The van der Waals surface area contributed by atoms with Gasteiger partial charge in [0.05, 0.1) is 13.2 Å². The van der Waals surface area contributed by atoms with Gasteiger partial charge in [-0.05, 0) is 12.5 Å². The van der Waals surface area contributed by atoms with E-state index in [-0.39, 0.29) is 12.5 Å². The van der Waals surface area contributed by atoms with Gasteiger partial charge in [-0.3, -0.25) is 4.79 Å². The van der Waals surface area contributed by atoms with Crippen LogP contribution in [0.5, 0.6) is 0 Å². The molecule has 1 aliphatic rings. The lowest BCUT2D eigenvalue weighted by molar-refractivity contribution is -0.149. The van der Waals surface area contributed by atoms with Gasteiger partial charge in [0.1, 0.15) is 6.10 Å². The van der Waals surface area contributed by atoms with Crippen LogP contribution in [-0.4, -0.2) is 44.3 Å². The summed E-state index contributed by atoms with van der Waals surface area (Å²) in [6.45, 7) is 3.64. The van der Waals surface area contributed by atoms with Gasteiger partial charge in [0.25, 0.3) is 5.91 Å². The molecule has 1 aliphatic heterocycles. The van der Waals surface area contributed by atoms with Crippen LogP contribution < -0.4 is 10.6 Å². The fraction of sp³-hybridized carbons (Fsp3) is 0.467. The predicted octanol–water partition coefficient (Wildman–Crippen LogP) is 0.395. The van der Waals surface area contributed by atoms with Gasteiger partial charge < -0.3 is 20.1 Å². The van der Waals surface area contributed by atoms with Crippen molar-refractivity contribution in [3.05, 3.63) is 35.9 Å². The Morgan fingerprint density at radius 3 is 2.81 bits per heavy atom. The zero-order valence-electron chi connectivity index (χ0n) is 12.0. The average molecular weight is 292 g/mol. The highest BCUT2D eigenvalue weighted by molar-refractivity contribution is 5.88. The number of hydrogen-bond donors (Lipinski definition) is 2. The van der Waals surface area contributed by atoms with Crippen molar-refractivity contribution in [2.45, 2.75) is 19.1 Å². The van der Waals surface area contributed by atoms with Crippen LogP contribution in [0.15, 0.2) is 30.3 Å². The molecule has 1 aromatic carbocycles. The smallest absolute Gasteiger partial charge is 0.333 e. The first-order valence-electron chi connectivity index (χ1n) is 7.06. The molecule has 2 N–H and O–H groups in total. The fourth-order valence-corrected chi connectivity index (χ4v) is 2.12. The summed E-state index contributed by atoms with van der Waals surface area (Å²) in [5.41, 5.74) is 0.688. The van der Waals surface area contributed by atoms with E-state index in [0.717, 1.165) is 6.54 Å². The summed E-state index contributed by atoms with van der Waals surface area (Å²) in [5.74, 6) is -0.787. The molecule has 1 fully saturated rings. The molecule has 6 nitrogen and oxygen atoms in total. The van der Waals surface area contributed by atoms with Crippen molar-refractivity contribution in [3.8, 4) is 0 Å². The topological polar surface area (TPSA) is 76.7 Å². The third-order valence-corrected chi connectivity index (χ3v) is 3.16. The molecule has 6 heteroatoms. The number of carbonyl (C=O) groups is 2. The molecule has 1 saturated heterocycles. The van der Waals surface area contributed by atoms with Crippen LogP contribution in [0.3, 0.4) is 0 Å². The Bertz CT molecular complexity index is 472. The average Bonchev–Trinajstić information content (AvgIpc) is 2.54. The van der Waals surface area contributed by atoms with Crippen LogP contribution in [-0.2, 0) is 19.1 Å². The first-order chi connectivity index (χ1) is 10.2. The van der Waals surface area contributed by atoms with Crippen LogP contribution in [0.2, 0.25) is 0 Å². The van der Waals surface area contributed by atoms with E-state index in [4.69, 9.17) is 9.47 Å². The van der Waals surface area contributed by atoms with E-state index in [1.165, 1.54) is 0 Å². The maximum Gasteiger partial charge on any atom is 0.333 e. The highest BCUT2D eigenvalue weighted by Gasteiger charge is 2.29. The van der Waals surface area contributed by atoms with Crippen LogP contribution in [0.1, 0.15) is 18.5 Å². The molecule has 0 aromatic heterocycles. The minimum atomic E-state index is -0.816. The molecule has 2 rings (SSSR count). The van der Waals surface area contributed by atoms with Gasteiger partial charge in [0, 0.05) is 13.1 Å². The number of nitrogens with one attached hydrogen (secondary N) is 2. The lowest BCUT2D eigenvalue weighted by Crippen LogP contribution is -2.49. The van der Waals surface area contributed by atoms with Gasteiger partial charge in [0.2, 0.25) is 0 Å². The number of carbonyl (C=O) groups excluding carboxylic acids is 2. The van der Waals surface area contributed by atoms with E-state index in [1.807, 2.05) is 18.2 Å². The second kappa shape index (κ2) is 7.75. The van der Waals surface area contributed by atoms with E-state index in [9.17, 15) is 9.59 Å². The third-order valence-electron chi connectivity index (χ3n) is 3.16. The minimum Gasteiger partial charge on any atom is -0.464 e. The first-order valence-corrected chi connectivity index (χ1v) is 7.06. The third kappa shape index (κ3) is 4.27. The molecule has 0 bridgehead atoms. The number of amides is 1. The number of morpholine rings is 1. The molecule has 0 radical (unpaired) electrons. The Morgan fingerprint density at radius 2 is 2.19 bits per heavy atom. The van der Waals surface area contributed by atoms with Crippen molar-refractivity contribution < 1.29 is 19.1 Å². The largest absolute Gasteiger partial charge is 0.464 e. The second-order valence-corrected chi connectivity index (χ2v) is 4.67. The molecule has 1 amide bonds. The maximum atomic E-state index is 12.2. The number of hydrogen-bond acceptors (Lipinski definition) is 5.